The number of hydrogen-bond donors (Lipinski definition) is 3. The molecule has 2 aromatic heterocycles. The highest BCUT2D eigenvalue weighted by Gasteiger charge is 2.46. The second-order valence-electron chi connectivity index (χ2n) is 6.83. The number of carbonyl (C=O) groups is 1. The standard InChI is InChI=1S/C19H22FN5O5S/c1-3-4-6-25-7-5-12(10-25)17(26)13-9-22-11-23-19(13)24-14-8-15(18(27)16(14)20)30-31(28,29)21-2/h5,7,9-11,14-16,18,21,27H,6,8H2,1-2H3,(H,22,23,24)/t14-,15-,16-,18-/m1/s1. The first-order chi connectivity index (χ1) is 14.8. The molecule has 1 aliphatic carbocycles. The zero-order valence-electron chi connectivity index (χ0n) is 16.8. The lowest BCUT2D eigenvalue weighted by Gasteiger charge is -2.17. The summed E-state index contributed by atoms with van der Waals surface area (Å²) in [5.41, 5.74) is 0.482. The van der Waals surface area contributed by atoms with Gasteiger partial charge in [-0.15, -0.1) is 5.92 Å². The number of nitrogens with zero attached hydrogens (tertiary/aromatic N) is 3. The first-order valence-corrected chi connectivity index (χ1v) is 10.8. The average molecular weight is 451 g/mol. The summed E-state index contributed by atoms with van der Waals surface area (Å²) in [6, 6.07) is 0.596. The second kappa shape index (κ2) is 9.52. The van der Waals surface area contributed by atoms with E-state index in [1.165, 1.54) is 12.5 Å². The van der Waals surface area contributed by atoms with Gasteiger partial charge in [0.2, 0.25) is 0 Å². The monoisotopic (exact) mass is 451 g/mol. The third kappa shape index (κ3) is 5.26. The van der Waals surface area contributed by atoms with E-state index in [2.05, 4.69) is 27.1 Å². The molecule has 4 atom stereocenters. The van der Waals surface area contributed by atoms with Crippen molar-refractivity contribution >= 4 is 21.9 Å². The van der Waals surface area contributed by atoms with E-state index < -0.39 is 34.7 Å². The van der Waals surface area contributed by atoms with E-state index in [1.807, 2.05) is 4.72 Å². The summed E-state index contributed by atoms with van der Waals surface area (Å²) < 4.78 is 46.3. The number of aliphatic hydroxyl groups excluding tert-OH is 1. The minimum Gasteiger partial charge on any atom is -0.387 e. The van der Waals surface area contributed by atoms with Crippen LogP contribution >= 0.6 is 0 Å². The van der Waals surface area contributed by atoms with E-state index in [1.54, 1.807) is 30.0 Å². The molecule has 31 heavy (non-hydrogen) atoms. The lowest BCUT2D eigenvalue weighted by molar-refractivity contribution is 0.0248. The van der Waals surface area contributed by atoms with E-state index in [4.69, 9.17) is 4.18 Å². The van der Waals surface area contributed by atoms with Crippen molar-refractivity contribution in [2.75, 3.05) is 12.4 Å². The van der Waals surface area contributed by atoms with Crippen LogP contribution in [0.25, 0.3) is 0 Å². The molecule has 1 fully saturated rings. The highest BCUT2D eigenvalue weighted by Crippen LogP contribution is 2.30. The Morgan fingerprint density at radius 1 is 1.48 bits per heavy atom. The van der Waals surface area contributed by atoms with Crippen LogP contribution in [-0.2, 0) is 21.0 Å². The van der Waals surface area contributed by atoms with Gasteiger partial charge in [-0.25, -0.2) is 14.4 Å². The van der Waals surface area contributed by atoms with Crippen molar-refractivity contribution in [3.8, 4) is 11.8 Å². The van der Waals surface area contributed by atoms with Crippen molar-refractivity contribution in [1.82, 2.24) is 19.3 Å². The van der Waals surface area contributed by atoms with Crippen LogP contribution < -0.4 is 10.0 Å². The maximum Gasteiger partial charge on any atom is 0.335 e. The fourth-order valence-electron chi connectivity index (χ4n) is 3.19. The van der Waals surface area contributed by atoms with Crippen molar-refractivity contribution in [1.29, 1.82) is 0 Å². The summed E-state index contributed by atoms with van der Waals surface area (Å²) in [5, 5.41) is 12.8. The Kier molecular flexibility index (Phi) is 7.01. The van der Waals surface area contributed by atoms with Crippen molar-refractivity contribution in [3.05, 3.63) is 42.1 Å². The number of hydrogen-bond acceptors (Lipinski definition) is 8. The molecular formula is C19H22FN5O5S. The fraction of sp³-hybridized carbons (Fsp3) is 0.421. The van der Waals surface area contributed by atoms with Crippen LogP contribution in [0.15, 0.2) is 31.0 Å². The summed E-state index contributed by atoms with van der Waals surface area (Å²) in [5.74, 6) is 5.35. The van der Waals surface area contributed by atoms with Crippen LogP contribution in [0.2, 0.25) is 0 Å². The van der Waals surface area contributed by atoms with Crippen molar-refractivity contribution < 1.29 is 26.9 Å². The van der Waals surface area contributed by atoms with Gasteiger partial charge in [-0.3, -0.25) is 8.98 Å². The van der Waals surface area contributed by atoms with Gasteiger partial charge >= 0.3 is 10.3 Å². The number of aromatic nitrogens is 3. The zero-order valence-corrected chi connectivity index (χ0v) is 17.6. The van der Waals surface area contributed by atoms with Gasteiger partial charge in [0.05, 0.1) is 18.2 Å². The molecule has 3 N–H and O–H groups in total. The lowest BCUT2D eigenvalue weighted by Crippen LogP contribution is -2.35. The Balaban J connectivity index is 1.78. The smallest absolute Gasteiger partial charge is 0.335 e. The van der Waals surface area contributed by atoms with E-state index >= 15 is 0 Å². The maximum atomic E-state index is 14.6. The third-order valence-electron chi connectivity index (χ3n) is 4.81. The molecular weight excluding hydrogens is 429 g/mol. The molecule has 0 aliphatic heterocycles. The van der Waals surface area contributed by atoms with Crippen LogP contribution in [0.4, 0.5) is 10.2 Å². The Bertz CT molecular complexity index is 1110. The number of aliphatic hydroxyl groups is 1. The minimum absolute atomic E-state index is 0.0677. The number of alkyl halides is 1. The summed E-state index contributed by atoms with van der Waals surface area (Å²) in [4.78, 5) is 20.8. The molecule has 0 unspecified atom stereocenters. The summed E-state index contributed by atoms with van der Waals surface area (Å²) in [7, 11) is -2.97. The molecule has 12 heteroatoms. The molecule has 2 heterocycles. The van der Waals surface area contributed by atoms with Crippen LogP contribution in [0.5, 0.6) is 0 Å². The van der Waals surface area contributed by atoms with Gasteiger partial charge in [-0.05, 0) is 13.0 Å². The van der Waals surface area contributed by atoms with Gasteiger partial charge < -0.3 is 15.0 Å². The molecule has 2 aromatic rings. The van der Waals surface area contributed by atoms with Crippen LogP contribution in [0.3, 0.4) is 0 Å². The minimum atomic E-state index is -4.11. The number of nitrogens with one attached hydrogen (secondary N) is 2. The fourth-order valence-corrected chi connectivity index (χ4v) is 3.81. The topological polar surface area (TPSA) is 135 Å². The summed E-state index contributed by atoms with van der Waals surface area (Å²) in [6.45, 7) is 2.15. The van der Waals surface area contributed by atoms with Gasteiger partial charge in [0.1, 0.15) is 30.5 Å². The molecule has 10 nitrogen and oxygen atoms in total. The molecule has 166 valence electrons. The highest BCUT2D eigenvalue weighted by molar-refractivity contribution is 7.84. The zero-order chi connectivity index (χ0) is 22.6. The van der Waals surface area contributed by atoms with Crippen LogP contribution in [-0.4, -0.2) is 65.3 Å². The van der Waals surface area contributed by atoms with Gasteiger partial charge in [-0.2, -0.15) is 13.1 Å². The summed E-state index contributed by atoms with van der Waals surface area (Å²) in [6.07, 6.45) is 0.876. The Hall–Kier alpha value is -2.85. The van der Waals surface area contributed by atoms with Gasteiger partial charge in [0.25, 0.3) is 0 Å². The van der Waals surface area contributed by atoms with Crippen molar-refractivity contribution in [2.24, 2.45) is 0 Å². The first-order valence-electron chi connectivity index (χ1n) is 9.36. The SMILES string of the molecule is CC#CCn1ccc(C(=O)c2cncnc2N[C@@H]2C[C@@H](OS(=O)(=O)NC)[C@@H](O)[C@@H]2F)c1. The lowest BCUT2D eigenvalue weighted by atomic mass is 10.1. The average Bonchev–Trinajstić information content (AvgIpc) is 3.33. The number of rotatable bonds is 8. The van der Waals surface area contributed by atoms with Gasteiger partial charge in [0, 0.05) is 37.6 Å². The highest BCUT2D eigenvalue weighted by atomic mass is 32.2. The van der Waals surface area contributed by atoms with Gasteiger partial charge in [-0.1, -0.05) is 5.92 Å². The van der Waals surface area contributed by atoms with E-state index in [0.717, 1.165) is 7.05 Å². The molecule has 0 bridgehead atoms. The van der Waals surface area contributed by atoms with E-state index in [9.17, 15) is 22.7 Å². The van der Waals surface area contributed by atoms with Crippen molar-refractivity contribution in [3.63, 3.8) is 0 Å². The van der Waals surface area contributed by atoms with Crippen molar-refractivity contribution in [2.45, 2.75) is 44.3 Å². The molecule has 0 radical (unpaired) electrons. The quantitative estimate of drug-likeness (QED) is 0.384. The molecule has 0 saturated heterocycles. The number of anilines is 1. The Labute approximate surface area is 179 Å². The van der Waals surface area contributed by atoms with Crippen LogP contribution in [0, 0.1) is 11.8 Å². The number of ketones is 1. The largest absolute Gasteiger partial charge is 0.387 e. The number of carbonyl (C=O) groups excluding carboxylic acids is 1. The predicted octanol–water partition coefficient (Wildman–Crippen LogP) is 0.265. The molecule has 1 saturated carbocycles. The Morgan fingerprint density at radius 3 is 2.97 bits per heavy atom. The molecule has 3 rings (SSSR count). The van der Waals surface area contributed by atoms with Gasteiger partial charge in [0.15, 0.2) is 5.78 Å². The number of halogens is 1. The van der Waals surface area contributed by atoms with Crippen LogP contribution in [0.1, 0.15) is 29.3 Å². The predicted molar refractivity (Wildman–Crippen MR) is 109 cm³/mol. The summed E-state index contributed by atoms with van der Waals surface area (Å²) >= 11 is 0. The maximum absolute atomic E-state index is 14.6. The van der Waals surface area contributed by atoms with E-state index in [-0.39, 0.29) is 23.6 Å². The normalized spacial score (nSPS) is 23.2. The second-order valence-corrected chi connectivity index (χ2v) is 8.34. The molecule has 1 aliphatic rings. The molecule has 0 aromatic carbocycles. The first kappa shape index (κ1) is 22.8. The third-order valence-corrected chi connectivity index (χ3v) is 5.81. The Morgan fingerprint density at radius 2 is 2.26 bits per heavy atom. The molecule has 0 spiro atoms. The van der Waals surface area contributed by atoms with E-state index in [0.29, 0.717) is 12.1 Å². The molecule has 0 amide bonds.